The molecule has 0 saturated heterocycles. The molecule has 2 aliphatic rings. The summed E-state index contributed by atoms with van der Waals surface area (Å²) in [7, 11) is 0. The highest BCUT2D eigenvalue weighted by Gasteiger charge is 2.38. The van der Waals surface area contributed by atoms with Gasteiger partial charge in [-0.3, -0.25) is 4.79 Å². The van der Waals surface area contributed by atoms with Crippen molar-refractivity contribution in [2.24, 2.45) is 11.7 Å². The Balaban J connectivity index is 1.61. The summed E-state index contributed by atoms with van der Waals surface area (Å²) in [5.74, 6) is 0.979. The Morgan fingerprint density at radius 3 is 2.50 bits per heavy atom. The van der Waals surface area contributed by atoms with Crippen molar-refractivity contribution >= 4 is 5.91 Å². The summed E-state index contributed by atoms with van der Waals surface area (Å²) in [6, 6.07) is 0.412. The summed E-state index contributed by atoms with van der Waals surface area (Å²) in [6.45, 7) is 2.13. The molecule has 0 aromatic carbocycles. The monoisotopic (exact) mass is 224 g/mol. The average Bonchev–Trinajstić information content (AvgIpc) is 2.95. The van der Waals surface area contributed by atoms with Gasteiger partial charge in [0.15, 0.2) is 0 Å². The fraction of sp³-hybridized carbons (Fsp3) is 0.923. The number of hydrogen-bond donors (Lipinski definition) is 2. The van der Waals surface area contributed by atoms with E-state index in [9.17, 15) is 4.79 Å². The number of carbonyl (C=O) groups excluding carboxylic acids is 1. The summed E-state index contributed by atoms with van der Waals surface area (Å²) in [5.41, 5.74) is 6.01. The maximum Gasteiger partial charge on any atom is 0.220 e. The van der Waals surface area contributed by atoms with Gasteiger partial charge < -0.3 is 11.1 Å². The first-order valence-electron chi connectivity index (χ1n) is 6.64. The summed E-state index contributed by atoms with van der Waals surface area (Å²) < 4.78 is 0. The molecular formula is C13H24N2O. The second-order valence-electron chi connectivity index (χ2n) is 5.93. The maximum absolute atomic E-state index is 11.7. The van der Waals surface area contributed by atoms with Crippen molar-refractivity contribution in [1.29, 1.82) is 0 Å². The zero-order chi connectivity index (χ0) is 11.6. The highest BCUT2D eigenvalue weighted by atomic mass is 16.1. The van der Waals surface area contributed by atoms with Crippen LogP contribution in [0.25, 0.3) is 0 Å². The fourth-order valence-corrected chi connectivity index (χ4v) is 2.52. The smallest absolute Gasteiger partial charge is 0.220 e. The lowest BCUT2D eigenvalue weighted by Crippen LogP contribution is -2.34. The van der Waals surface area contributed by atoms with E-state index in [1.54, 1.807) is 0 Å². The van der Waals surface area contributed by atoms with Crippen molar-refractivity contribution in [3.8, 4) is 0 Å². The minimum absolute atomic E-state index is 0.145. The van der Waals surface area contributed by atoms with Gasteiger partial charge >= 0.3 is 0 Å². The predicted molar refractivity (Wildman–Crippen MR) is 64.9 cm³/mol. The van der Waals surface area contributed by atoms with Crippen LogP contribution in [0.4, 0.5) is 0 Å². The van der Waals surface area contributed by atoms with Crippen LogP contribution in [0.3, 0.4) is 0 Å². The first-order chi connectivity index (χ1) is 7.57. The van der Waals surface area contributed by atoms with Crippen LogP contribution in [0.1, 0.15) is 58.3 Å². The Morgan fingerprint density at radius 1 is 1.31 bits per heavy atom. The molecule has 0 unspecified atom stereocenters. The molecule has 0 aliphatic heterocycles. The molecule has 2 fully saturated rings. The third-order valence-electron chi connectivity index (χ3n) is 4.11. The van der Waals surface area contributed by atoms with E-state index >= 15 is 0 Å². The normalized spacial score (nSPS) is 32.1. The van der Waals surface area contributed by atoms with Crippen LogP contribution < -0.4 is 11.1 Å². The van der Waals surface area contributed by atoms with Crippen molar-refractivity contribution in [2.45, 2.75) is 69.9 Å². The van der Waals surface area contributed by atoms with E-state index in [1.807, 2.05) is 0 Å². The van der Waals surface area contributed by atoms with E-state index in [0.29, 0.717) is 12.5 Å². The predicted octanol–water partition coefficient (Wildman–Crippen LogP) is 1.95. The summed E-state index contributed by atoms with van der Waals surface area (Å²) in [6.07, 6.45) is 8.77. The lowest BCUT2D eigenvalue weighted by atomic mass is 9.84. The maximum atomic E-state index is 11.7. The Labute approximate surface area is 98.2 Å². The zero-order valence-electron chi connectivity index (χ0n) is 10.3. The molecule has 0 aromatic rings. The summed E-state index contributed by atoms with van der Waals surface area (Å²) >= 11 is 0. The van der Waals surface area contributed by atoms with Crippen molar-refractivity contribution < 1.29 is 4.79 Å². The fourth-order valence-electron chi connectivity index (χ4n) is 2.52. The van der Waals surface area contributed by atoms with Gasteiger partial charge in [0.25, 0.3) is 0 Å². The largest absolute Gasteiger partial charge is 0.351 e. The minimum atomic E-state index is 0.145. The van der Waals surface area contributed by atoms with Crippen molar-refractivity contribution in [1.82, 2.24) is 5.32 Å². The van der Waals surface area contributed by atoms with E-state index in [0.717, 1.165) is 38.0 Å². The van der Waals surface area contributed by atoms with Gasteiger partial charge in [-0.1, -0.05) is 0 Å². The van der Waals surface area contributed by atoms with Crippen LogP contribution in [-0.4, -0.2) is 17.5 Å². The molecule has 3 N–H and O–H groups in total. The molecule has 0 heterocycles. The van der Waals surface area contributed by atoms with E-state index in [4.69, 9.17) is 5.73 Å². The van der Waals surface area contributed by atoms with E-state index < -0.39 is 0 Å². The lowest BCUT2D eigenvalue weighted by molar-refractivity contribution is -0.122. The quantitative estimate of drug-likeness (QED) is 0.767. The summed E-state index contributed by atoms with van der Waals surface area (Å²) in [5, 5.41) is 3.11. The molecule has 0 atom stereocenters. The highest BCUT2D eigenvalue weighted by Crippen LogP contribution is 2.34. The minimum Gasteiger partial charge on any atom is -0.351 e. The molecule has 2 rings (SSSR count). The molecule has 0 bridgehead atoms. The van der Waals surface area contributed by atoms with Gasteiger partial charge in [0.2, 0.25) is 5.91 Å². The number of rotatable bonds is 4. The SMILES string of the molecule is CC1(NC(=O)CCC2CCC(N)CC2)CC1. The Hall–Kier alpha value is -0.570. The highest BCUT2D eigenvalue weighted by molar-refractivity contribution is 5.77. The van der Waals surface area contributed by atoms with Gasteiger partial charge in [0, 0.05) is 18.0 Å². The van der Waals surface area contributed by atoms with Gasteiger partial charge in [-0.05, 0) is 57.8 Å². The third-order valence-corrected chi connectivity index (χ3v) is 4.11. The van der Waals surface area contributed by atoms with Gasteiger partial charge in [-0.15, -0.1) is 0 Å². The van der Waals surface area contributed by atoms with E-state index in [2.05, 4.69) is 12.2 Å². The standard InChI is InChI=1S/C13H24N2O/c1-13(8-9-13)15-12(16)7-4-10-2-5-11(14)6-3-10/h10-11H,2-9,14H2,1H3,(H,15,16). The second-order valence-corrected chi connectivity index (χ2v) is 5.93. The Morgan fingerprint density at radius 2 is 1.94 bits per heavy atom. The number of nitrogens with two attached hydrogens (primary N) is 1. The van der Waals surface area contributed by atoms with Crippen molar-refractivity contribution in [3.05, 3.63) is 0 Å². The van der Waals surface area contributed by atoms with Gasteiger partial charge in [-0.25, -0.2) is 0 Å². The molecular weight excluding hydrogens is 200 g/mol. The molecule has 1 amide bonds. The van der Waals surface area contributed by atoms with Crippen LogP contribution in [0.15, 0.2) is 0 Å². The topological polar surface area (TPSA) is 55.1 Å². The van der Waals surface area contributed by atoms with Gasteiger partial charge in [-0.2, -0.15) is 0 Å². The number of nitrogens with one attached hydrogen (secondary N) is 1. The molecule has 0 radical (unpaired) electrons. The second kappa shape index (κ2) is 4.74. The molecule has 3 heteroatoms. The van der Waals surface area contributed by atoms with E-state index in [-0.39, 0.29) is 11.4 Å². The van der Waals surface area contributed by atoms with Crippen LogP contribution in [0.2, 0.25) is 0 Å². The first kappa shape index (κ1) is 11.9. The van der Waals surface area contributed by atoms with Gasteiger partial charge in [0.1, 0.15) is 0 Å². The molecule has 0 spiro atoms. The van der Waals surface area contributed by atoms with Crippen LogP contribution >= 0.6 is 0 Å². The van der Waals surface area contributed by atoms with Crippen LogP contribution in [0.5, 0.6) is 0 Å². The van der Waals surface area contributed by atoms with E-state index in [1.165, 1.54) is 12.8 Å². The number of amides is 1. The van der Waals surface area contributed by atoms with Crippen LogP contribution in [-0.2, 0) is 4.79 Å². The third kappa shape index (κ3) is 3.48. The average molecular weight is 224 g/mol. The molecule has 16 heavy (non-hydrogen) atoms. The zero-order valence-corrected chi connectivity index (χ0v) is 10.3. The molecule has 2 saturated carbocycles. The number of hydrogen-bond acceptors (Lipinski definition) is 2. The van der Waals surface area contributed by atoms with Gasteiger partial charge in [0.05, 0.1) is 0 Å². The Kier molecular flexibility index (Phi) is 3.53. The molecule has 92 valence electrons. The summed E-state index contributed by atoms with van der Waals surface area (Å²) in [4.78, 5) is 11.7. The number of carbonyl (C=O) groups is 1. The molecule has 0 aromatic heterocycles. The first-order valence-corrected chi connectivity index (χ1v) is 6.64. The van der Waals surface area contributed by atoms with Crippen molar-refractivity contribution in [2.75, 3.05) is 0 Å². The van der Waals surface area contributed by atoms with Crippen molar-refractivity contribution in [3.63, 3.8) is 0 Å². The Bertz CT molecular complexity index is 253. The lowest BCUT2D eigenvalue weighted by Gasteiger charge is -2.25. The molecule has 3 nitrogen and oxygen atoms in total. The van der Waals surface area contributed by atoms with Crippen LogP contribution in [0, 0.1) is 5.92 Å². The molecule has 2 aliphatic carbocycles.